The number of hydrogen-bond acceptors (Lipinski definition) is 2. The Morgan fingerprint density at radius 3 is 2.62 bits per heavy atom. The minimum absolute atomic E-state index is 0.211. The fourth-order valence-corrected chi connectivity index (χ4v) is 2.48. The van der Waals surface area contributed by atoms with Crippen LogP contribution in [0.2, 0.25) is 0 Å². The molecule has 0 aliphatic rings. The molecule has 1 heterocycles. The molecule has 122 valence electrons. The van der Waals surface area contributed by atoms with E-state index in [1.165, 1.54) is 5.56 Å². The summed E-state index contributed by atoms with van der Waals surface area (Å²) in [4.78, 5) is 16.2. The van der Waals surface area contributed by atoms with Crippen molar-refractivity contribution in [1.82, 2.24) is 14.9 Å². The number of nitrogens with one attached hydrogen (secondary N) is 2. The standard InChI is InChI=1S/C19H20N4O/c1-15-20-10-11-23(15)14-17-7-5-6-16(12-17)13-21-19(24)22-18-8-3-2-4-9-18/h2-12H,13-14H2,1H3,(H2,21,22,24). The number of rotatable bonds is 5. The van der Waals surface area contributed by atoms with E-state index in [4.69, 9.17) is 0 Å². The number of amides is 2. The molecule has 5 nitrogen and oxygen atoms in total. The van der Waals surface area contributed by atoms with Gasteiger partial charge in [0.05, 0.1) is 0 Å². The van der Waals surface area contributed by atoms with Gasteiger partial charge in [-0.1, -0.05) is 42.5 Å². The van der Waals surface area contributed by atoms with Crippen molar-refractivity contribution in [2.75, 3.05) is 5.32 Å². The highest BCUT2D eigenvalue weighted by Crippen LogP contribution is 2.09. The number of carbonyl (C=O) groups excluding carboxylic acids is 1. The van der Waals surface area contributed by atoms with E-state index in [1.54, 1.807) is 6.20 Å². The first-order valence-electron chi connectivity index (χ1n) is 7.86. The van der Waals surface area contributed by atoms with Crippen molar-refractivity contribution in [3.05, 3.63) is 83.9 Å². The lowest BCUT2D eigenvalue weighted by Gasteiger charge is -2.10. The third kappa shape index (κ3) is 4.23. The van der Waals surface area contributed by atoms with E-state index >= 15 is 0 Å². The Labute approximate surface area is 141 Å². The summed E-state index contributed by atoms with van der Waals surface area (Å²) in [6.45, 7) is 3.24. The highest BCUT2D eigenvalue weighted by atomic mass is 16.2. The number of urea groups is 1. The van der Waals surface area contributed by atoms with Gasteiger partial charge in [0.15, 0.2) is 0 Å². The molecule has 1 aromatic heterocycles. The molecule has 0 aliphatic heterocycles. The van der Waals surface area contributed by atoms with Crippen LogP contribution in [0, 0.1) is 6.92 Å². The van der Waals surface area contributed by atoms with Crippen molar-refractivity contribution in [1.29, 1.82) is 0 Å². The van der Waals surface area contributed by atoms with Crippen LogP contribution in [0.1, 0.15) is 17.0 Å². The fraction of sp³-hybridized carbons (Fsp3) is 0.158. The molecule has 5 heteroatoms. The zero-order valence-corrected chi connectivity index (χ0v) is 13.6. The lowest BCUT2D eigenvalue weighted by Crippen LogP contribution is -2.28. The maximum Gasteiger partial charge on any atom is 0.319 e. The molecule has 0 fully saturated rings. The molecule has 0 saturated carbocycles. The minimum atomic E-state index is -0.211. The molecule has 3 rings (SSSR count). The second-order valence-corrected chi connectivity index (χ2v) is 5.60. The van der Waals surface area contributed by atoms with Gasteiger partial charge in [0.2, 0.25) is 0 Å². The molecule has 0 spiro atoms. The lowest BCUT2D eigenvalue weighted by molar-refractivity contribution is 0.251. The average molecular weight is 320 g/mol. The Kier molecular flexibility index (Phi) is 4.91. The maximum absolute atomic E-state index is 11.9. The highest BCUT2D eigenvalue weighted by Gasteiger charge is 2.03. The van der Waals surface area contributed by atoms with Crippen LogP contribution < -0.4 is 10.6 Å². The zero-order chi connectivity index (χ0) is 16.8. The molecule has 0 bridgehead atoms. The van der Waals surface area contributed by atoms with Crippen molar-refractivity contribution < 1.29 is 4.79 Å². The molecule has 2 N–H and O–H groups in total. The summed E-state index contributed by atoms with van der Waals surface area (Å²) in [7, 11) is 0. The highest BCUT2D eigenvalue weighted by molar-refractivity contribution is 5.89. The molecule has 0 atom stereocenters. The molecular formula is C19H20N4O. The second kappa shape index (κ2) is 7.46. The predicted octanol–water partition coefficient (Wildman–Crippen LogP) is 3.56. The first-order chi connectivity index (χ1) is 11.7. The van der Waals surface area contributed by atoms with Gasteiger partial charge in [0.25, 0.3) is 0 Å². The molecule has 0 aliphatic carbocycles. The van der Waals surface area contributed by atoms with E-state index in [9.17, 15) is 4.79 Å². The van der Waals surface area contributed by atoms with Gasteiger partial charge in [-0.3, -0.25) is 0 Å². The summed E-state index contributed by atoms with van der Waals surface area (Å²) >= 11 is 0. The summed E-state index contributed by atoms with van der Waals surface area (Å²) in [6.07, 6.45) is 3.77. The van der Waals surface area contributed by atoms with Gasteiger partial charge in [0, 0.05) is 31.2 Å². The number of aryl methyl sites for hydroxylation is 1. The minimum Gasteiger partial charge on any atom is -0.334 e. The molecule has 0 radical (unpaired) electrons. The molecule has 2 amide bonds. The molecule has 0 unspecified atom stereocenters. The average Bonchev–Trinajstić information content (AvgIpc) is 2.99. The Morgan fingerprint density at radius 1 is 1.08 bits per heavy atom. The summed E-state index contributed by atoms with van der Waals surface area (Å²) < 4.78 is 2.09. The van der Waals surface area contributed by atoms with E-state index in [2.05, 4.69) is 32.3 Å². The van der Waals surface area contributed by atoms with Crippen molar-refractivity contribution in [3.8, 4) is 0 Å². The third-order valence-electron chi connectivity index (χ3n) is 3.75. The summed E-state index contributed by atoms with van der Waals surface area (Å²) in [5.74, 6) is 0.987. The Hall–Kier alpha value is -3.08. The number of hydrogen-bond donors (Lipinski definition) is 2. The number of aromatic nitrogens is 2. The Morgan fingerprint density at radius 2 is 1.88 bits per heavy atom. The van der Waals surface area contributed by atoms with Crippen molar-refractivity contribution in [2.45, 2.75) is 20.0 Å². The van der Waals surface area contributed by atoms with Crippen molar-refractivity contribution >= 4 is 11.7 Å². The summed E-state index contributed by atoms with van der Waals surface area (Å²) in [5.41, 5.74) is 3.02. The molecule has 0 saturated heterocycles. The van der Waals surface area contributed by atoms with Gasteiger partial charge in [-0.05, 0) is 30.2 Å². The van der Waals surface area contributed by atoms with Crippen LogP contribution in [-0.2, 0) is 13.1 Å². The molecule has 24 heavy (non-hydrogen) atoms. The number of imidazole rings is 1. The van der Waals surface area contributed by atoms with Gasteiger partial charge in [-0.15, -0.1) is 0 Å². The predicted molar refractivity (Wildman–Crippen MR) is 94.8 cm³/mol. The maximum atomic E-state index is 11.9. The van der Waals surface area contributed by atoms with Gasteiger partial charge in [-0.25, -0.2) is 9.78 Å². The number of para-hydroxylation sites is 1. The number of carbonyl (C=O) groups is 1. The Bertz CT molecular complexity index is 811. The second-order valence-electron chi connectivity index (χ2n) is 5.60. The van der Waals surface area contributed by atoms with Crippen LogP contribution in [0.5, 0.6) is 0 Å². The number of anilines is 1. The van der Waals surface area contributed by atoms with Gasteiger partial charge < -0.3 is 15.2 Å². The van der Waals surface area contributed by atoms with E-state index in [0.29, 0.717) is 6.54 Å². The van der Waals surface area contributed by atoms with Gasteiger partial charge in [0.1, 0.15) is 5.82 Å². The lowest BCUT2D eigenvalue weighted by atomic mass is 10.1. The van der Waals surface area contributed by atoms with Crippen LogP contribution >= 0.6 is 0 Å². The van der Waals surface area contributed by atoms with Crippen molar-refractivity contribution in [3.63, 3.8) is 0 Å². The first kappa shape index (κ1) is 15.8. The van der Waals surface area contributed by atoms with Crippen molar-refractivity contribution in [2.24, 2.45) is 0 Å². The molecular weight excluding hydrogens is 300 g/mol. The zero-order valence-electron chi connectivity index (χ0n) is 13.6. The van der Waals surface area contributed by atoms with E-state index < -0.39 is 0 Å². The van der Waals surface area contributed by atoms with Gasteiger partial charge in [-0.2, -0.15) is 0 Å². The van der Waals surface area contributed by atoms with E-state index in [0.717, 1.165) is 23.6 Å². The van der Waals surface area contributed by atoms with Crippen LogP contribution in [0.3, 0.4) is 0 Å². The largest absolute Gasteiger partial charge is 0.334 e. The normalized spacial score (nSPS) is 10.4. The summed E-state index contributed by atoms with van der Waals surface area (Å²) in [5, 5.41) is 5.68. The van der Waals surface area contributed by atoms with Crippen LogP contribution in [0.4, 0.5) is 10.5 Å². The third-order valence-corrected chi connectivity index (χ3v) is 3.75. The molecule has 2 aromatic carbocycles. The monoisotopic (exact) mass is 320 g/mol. The summed E-state index contributed by atoms with van der Waals surface area (Å²) in [6, 6.07) is 17.4. The SMILES string of the molecule is Cc1nccn1Cc1cccc(CNC(=O)Nc2ccccc2)c1. The fourth-order valence-electron chi connectivity index (χ4n) is 2.48. The molecule has 3 aromatic rings. The topological polar surface area (TPSA) is 59.0 Å². The number of nitrogens with zero attached hydrogens (tertiary/aromatic N) is 2. The van der Waals surface area contributed by atoms with Crippen LogP contribution in [-0.4, -0.2) is 15.6 Å². The van der Waals surface area contributed by atoms with Crippen LogP contribution in [0.15, 0.2) is 67.0 Å². The first-order valence-corrected chi connectivity index (χ1v) is 7.86. The smallest absolute Gasteiger partial charge is 0.319 e. The van der Waals surface area contributed by atoms with E-state index in [1.807, 2.05) is 55.6 Å². The van der Waals surface area contributed by atoms with E-state index in [-0.39, 0.29) is 6.03 Å². The Balaban J connectivity index is 1.56. The quantitative estimate of drug-likeness (QED) is 0.755. The van der Waals surface area contributed by atoms with Gasteiger partial charge >= 0.3 is 6.03 Å². The van der Waals surface area contributed by atoms with Crippen LogP contribution in [0.25, 0.3) is 0 Å². The number of benzene rings is 2.